The van der Waals surface area contributed by atoms with E-state index in [1.54, 1.807) is 0 Å². The van der Waals surface area contributed by atoms with Gasteiger partial charge in [-0.2, -0.15) is 0 Å². The number of Topliss-reactive ketones (excluding diaryl/α,β-unsaturated/α-hetero) is 1. The van der Waals surface area contributed by atoms with E-state index in [0.29, 0.717) is 13.0 Å². The molecule has 96 valence electrons. The lowest BCUT2D eigenvalue weighted by Gasteiger charge is -2.25. The number of ketones is 1. The summed E-state index contributed by atoms with van der Waals surface area (Å²) in [6.07, 6.45) is 1.47. The van der Waals surface area contributed by atoms with E-state index in [0.717, 1.165) is 23.3 Å². The monoisotopic (exact) mass is 252 g/mol. The molecule has 1 atom stereocenters. The molecular formula is C17H16O2. The van der Waals surface area contributed by atoms with Gasteiger partial charge < -0.3 is 4.74 Å². The summed E-state index contributed by atoms with van der Waals surface area (Å²) in [7, 11) is 0. The summed E-state index contributed by atoms with van der Waals surface area (Å²) < 4.78 is 5.63. The standard InChI is InChI=1S/C17H16O2/c18-16(13-6-2-1-3-7-13)12-14-10-11-19-17-9-5-4-8-15(14)17/h1-9,14H,10-12H2. The molecule has 0 aliphatic carbocycles. The summed E-state index contributed by atoms with van der Waals surface area (Å²) in [6.45, 7) is 0.698. The first kappa shape index (κ1) is 12.0. The third-order valence-corrected chi connectivity index (χ3v) is 3.61. The molecule has 0 radical (unpaired) electrons. The van der Waals surface area contributed by atoms with Crippen LogP contribution in [0.4, 0.5) is 0 Å². The maximum absolute atomic E-state index is 12.3. The molecule has 0 fully saturated rings. The summed E-state index contributed by atoms with van der Waals surface area (Å²) >= 11 is 0. The van der Waals surface area contributed by atoms with Crippen LogP contribution in [0.2, 0.25) is 0 Å². The van der Waals surface area contributed by atoms with Gasteiger partial charge in [-0.05, 0) is 24.0 Å². The van der Waals surface area contributed by atoms with Crippen molar-refractivity contribution in [2.24, 2.45) is 0 Å². The molecule has 1 aliphatic heterocycles. The van der Waals surface area contributed by atoms with E-state index >= 15 is 0 Å². The van der Waals surface area contributed by atoms with Crippen molar-refractivity contribution in [2.45, 2.75) is 18.8 Å². The maximum Gasteiger partial charge on any atom is 0.163 e. The SMILES string of the molecule is O=C(CC1CCOc2ccccc21)c1ccccc1. The maximum atomic E-state index is 12.3. The third-order valence-electron chi connectivity index (χ3n) is 3.61. The first-order valence-corrected chi connectivity index (χ1v) is 6.64. The number of benzene rings is 2. The van der Waals surface area contributed by atoms with Gasteiger partial charge in [-0.15, -0.1) is 0 Å². The summed E-state index contributed by atoms with van der Waals surface area (Å²) in [5, 5.41) is 0. The molecular weight excluding hydrogens is 236 g/mol. The molecule has 1 heterocycles. The van der Waals surface area contributed by atoms with Crippen LogP contribution in [0.1, 0.15) is 34.7 Å². The normalized spacial score (nSPS) is 17.4. The number of carbonyl (C=O) groups excluding carboxylic acids is 1. The van der Waals surface area contributed by atoms with Gasteiger partial charge in [0, 0.05) is 12.0 Å². The van der Waals surface area contributed by atoms with Gasteiger partial charge in [0.05, 0.1) is 6.61 Å². The fourth-order valence-electron chi connectivity index (χ4n) is 2.59. The zero-order valence-corrected chi connectivity index (χ0v) is 10.7. The average molecular weight is 252 g/mol. The van der Waals surface area contributed by atoms with E-state index < -0.39 is 0 Å². The summed E-state index contributed by atoms with van der Waals surface area (Å²) in [4.78, 5) is 12.3. The van der Waals surface area contributed by atoms with E-state index in [4.69, 9.17) is 4.74 Å². The van der Waals surface area contributed by atoms with Crippen molar-refractivity contribution in [3.63, 3.8) is 0 Å². The lowest BCUT2D eigenvalue weighted by atomic mass is 9.87. The second-order valence-electron chi connectivity index (χ2n) is 4.87. The van der Waals surface area contributed by atoms with Gasteiger partial charge in [-0.25, -0.2) is 0 Å². The molecule has 2 nitrogen and oxygen atoms in total. The van der Waals surface area contributed by atoms with Crippen molar-refractivity contribution in [2.75, 3.05) is 6.61 Å². The zero-order valence-electron chi connectivity index (χ0n) is 10.7. The molecule has 0 aromatic heterocycles. The highest BCUT2D eigenvalue weighted by atomic mass is 16.5. The van der Waals surface area contributed by atoms with Crippen LogP contribution in [-0.4, -0.2) is 12.4 Å². The van der Waals surface area contributed by atoms with Crippen molar-refractivity contribution in [3.8, 4) is 5.75 Å². The third kappa shape index (κ3) is 2.53. The highest BCUT2D eigenvalue weighted by Crippen LogP contribution is 2.36. The number of hydrogen-bond donors (Lipinski definition) is 0. The van der Waals surface area contributed by atoms with Crippen molar-refractivity contribution in [1.82, 2.24) is 0 Å². The number of ether oxygens (including phenoxy) is 1. The predicted molar refractivity (Wildman–Crippen MR) is 74.7 cm³/mol. The predicted octanol–water partition coefficient (Wildman–Crippen LogP) is 3.83. The van der Waals surface area contributed by atoms with Crippen molar-refractivity contribution < 1.29 is 9.53 Å². The minimum absolute atomic E-state index is 0.210. The van der Waals surface area contributed by atoms with E-state index in [-0.39, 0.29) is 11.7 Å². The van der Waals surface area contributed by atoms with Crippen LogP contribution in [0.3, 0.4) is 0 Å². The second-order valence-corrected chi connectivity index (χ2v) is 4.87. The number of para-hydroxylation sites is 1. The summed E-state index contributed by atoms with van der Waals surface area (Å²) in [6, 6.07) is 17.5. The van der Waals surface area contributed by atoms with Crippen LogP contribution >= 0.6 is 0 Å². The lowest BCUT2D eigenvalue weighted by molar-refractivity contribution is 0.0966. The molecule has 1 aliphatic rings. The average Bonchev–Trinajstić information content (AvgIpc) is 2.48. The number of rotatable bonds is 3. The quantitative estimate of drug-likeness (QED) is 0.776. The Balaban J connectivity index is 1.80. The van der Waals surface area contributed by atoms with Crippen LogP contribution in [-0.2, 0) is 0 Å². The Morgan fingerprint density at radius 2 is 1.79 bits per heavy atom. The Bertz CT molecular complexity index is 575. The molecule has 0 amide bonds. The summed E-state index contributed by atoms with van der Waals surface area (Å²) in [5.74, 6) is 1.42. The van der Waals surface area contributed by atoms with Crippen molar-refractivity contribution in [3.05, 3.63) is 65.7 Å². The molecule has 1 unspecified atom stereocenters. The van der Waals surface area contributed by atoms with Crippen LogP contribution < -0.4 is 4.74 Å². The number of carbonyl (C=O) groups is 1. The highest BCUT2D eigenvalue weighted by molar-refractivity contribution is 5.96. The molecule has 0 saturated heterocycles. The molecule has 19 heavy (non-hydrogen) atoms. The number of fused-ring (bicyclic) bond motifs is 1. The molecule has 0 bridgehead atoms. The van der Waals surface area contributed by atoms with Gasteiger partial charge in [0.25, 0.3) is 0 Å². The molecule has 0 saturated carbocycles. The van der Waals surface area contributed by atoms with Crippen LogP contribution in [0.5, 0.6) is 5.75 Å². The van der Waals surface area contributed by atoms with Gasteiger partial charge in [0.15, 0.2) is 5.78 Å². The Hall–Kier alpha value is -2.09. The van der Waals surface area contributed by atoms with Gasteiger partial charge in [-0.1, -0.05) is 48.5 Å². The van der Waals surface area contributed by atoms with Crippen molar-refractivity contribution in [1.29, 1.82) is 0 Å². The van der Waals surface area contributed by atoms with Crippen molar-refractivity contribution >= 4 is 5.78 Å². The summed E-state index contributed by atoms with van der Waals surface area (Å²) in [5.41, 5.74) is 1.96. The van der Waals surface area contributed by atoms with Gasteiger partial charge in [0.1, 0.15) is 5.75 Å². The Labute approximate surface area is 113 Å². The zero-order chi connectivity index (χ0) is 13.1. The molecule has 2 aromatic rings. The Kier molecular flexibility index (Phi) is 3.32. The van der Waals surface area contributed by atoms with E-state index in [1.165, 1.54) is 0 Å². The fourth-order valence-corrected chi connectivity index (χ4v) is 2.59. The molecule has 3 rings (SSSR count). The van der Waals surface area contributed by atoms with Gasteiger partial charge in [0.2, 0.25) is 0 Å². The topological polar surface area (TPSA) is 26.3 Å². The minimum atomic E-state index is 0.210. The molecule has 2 heteroatoms. The van der Waals surface area contributed by atoms with E-state index in [1.807, 2.05) is 48.5 Å². The van der Waals surface area contributed by atoms with Crippen LogP contribution in [0, 0.1) is 0 Å². The highest BCUT2D eigenvalue weighted by Gasteiger charge is 2.23. The smallest absolute Gasteiger partial charge is 0.163 e. The van der Waals surface area contributed by atoms with Gasteiger partial charge in [-0.3, -0.25) is 4.79 Å². The van der Waals surface area contributed by atoms with Crippen LogP contribution in [0.15, 0.2) is 54.6 Å². The second kappa shape index (κ2) is 5.27. The Morgan fingerprint density at radius 3 is 2.63 bits per heavy atom. The van der Waals surface area contributed by atoms with E-state index in [2.05, 4.69) is 6.07 Å². The fraction of sp³-hybridized carbons (Fsp3) is 0.235. The first-order chi connectivity index (χ1) is 9.34. The van der Waals surface area contributed by atoms with Gasteiger partial charge >= 0.3 is 0 Å². The Morgan fingerprint density at radius 1 is 1.05 bits per heavy atom. The number of hydrogen-bond acceptors (Lipinski definition) is 2. The molecule has 0 N–H and O–H groups in total. The first-order valence-electron chi connectivity index (χ1n) is 6.64. The largest absolute Gasteiger partial charge is 0.493 e. The molecule has 2 aromatic carbocycles. The lowest BCUT2D eigenvalue weighted by Crippen LogP contribution is -2.17. The molecule has 0 spiro atoms. The van der Waals surface area contributed by atoms with E-state index in [9.17, 15) is 4.79 Å². The minimum Gasteiger partial charge on any atom is -0.493 e. The van der Waals surface area contributed by atoms with Crippen LogP contribution in [0.25, 0.3) is 0 Å².